The summed E-state index contributed by atoms with van der Waals surface area (Å²) < 4.78 is 32.9. The first-order valence-corrected chi connectivity index (χ1v) is 13.6. The molecule has 0 saturated heterocycles. The number of rotatable bonds is 12. The zero-order valence-electron chi connectivity index (χ0n) is 20.3. The molecule has 1 atom stereocenters. The molecule has 0 unspecified atom stereocenters. The van der Waals surface area contributed by atoms with Crippen LogP contribution in [-0.2, 0) is 16.6 Å². The van der Waals surface area contributed by atoms with Crippen LogP contribution in [0.5, 0.6) is 5.75 Å². The number of benzene rings is 3. The number of aliphatic hydroxyl groups excluding tert-OH is 1. The maximum Gasteiger partial charge on any atom is 0.352 e. The van der Waals surface area contributed by atoms with Gasteiger partial charge in [0.1, 0.15) is 18.1 Å². The van der Waals surface area contributed by atoms with Gasteiger partial charge in [0.05, 0.1) is 17.9 Å². The molecule has 0 aliphatic heterocycles. The third kappa shape index (κ3) is 7.10. The fourth-order valence-corrected chi connectivity index (χ4v) is 4.61. The van der Waals surface area contributed by atoms with Crippen LogP contribution in [0.15, 0.2) is 78.9 Å². The second kappa shape index (κ2) is 11.5. The van der Waals surface area contributed by atoms with Crippen molar-refractivity contribution in [3.05, 3.63) is 95.7 Å². The van der Waals surface area contributed by atoms with E-state index in [1.165, 1.54) is 0 Å². The van der Waals surface area contributed by atoms with Crippen molar-refractivity contribution in [1.82, 2.24) is 9.88 Å². The topological polar surface area (TPSA) is 130 Å². The van der Waals surface area contributed by atoms with Crippen LogP contribution in [0.2, 0.25) is 0 Å². The van der Waals surface area contributed by atoms with Crippen molar-refractivity contribution in [3.8, 4) is 5.75 Å². The predicted octanol–water partition coefficient (Wildman–Crippen LogP) is 3.46. The molecule has 1 heterocycles. The molecule has 10 heteroatoms. The Kier molecular flexibility index (Phi) is 8.12. The molecule has 3 aromatic carbocycles. The summed E-state index contributed by atoms with van der Waals surface area (Å²) in [6.45, 7) is 1.48. The number of carboxylic acids is 1. The normalized spacial score (nSPS) is 12.4. The fraction of sp³-hybridized carbons (Fsp3) is 0.222. The number of nitrogens with zero attached hydrogens (tertiary/aromatic N) is 1. The molecule has 0 saturated carbocycles. The smallest absolute Gasteiger partial charge is 0.352 e. The van der Waals surface area contributed by atoms with Crippen LogP contribution in [0.4, 0.5) is 5.69 Å². The molecule has 0 fully saturated rings. The van der Waals surface area contributed by atoms with Gasteiger partial charge in [-0.15, -0.1) is 0 Å². The Balaban J connectivity index is 1.35. The highest BCUT2D eigenvalue weighted by Gasteiger charge is 2.16. The van der Waals surface area contributed by atoms with Crippen molar-refractivity contribution in [2.24, 2.45) is 0 Å². The number of aromatic carboxylic acids is 1. The molecule has 4 aromatic rings. The molecule has 0 spiro atoms. The van der Waals surface area contributed by atoms with Gasteiger partial charge in [0, 0.05) is 36.8 Å². The number of anilines is 1. The predicted molar refractivity (Wildman–Crippen MR) is 143 cm³/mol. The summed E-state index contributed by atoms with van der Waals surface area (Å²) in [6.07, 6.45) is 0.245. The molecule has 194 valence electrons. The molecule has 9 nitrogen and oxygen atoms in total. The zero-order valence-corrected chi connectivity index (χ0v) is 21.1. The highest BCUT2D eigenvalue weighted by Crippen LogP contribution is 2.26. The standard InChI is InChI=1S/C27H29N3O6S/c1-37(34,35)29-22-9-5-8-21(14-22)26(31)17-28-12-13-36-23-11-10-20-15-25(27(32)33)30(24(20)16-23)18-19-6-3-2-4-7-19/h2-11,14-16,26,28-29,31H,12-13,17-18H2,1H3,(H,32,33)/t26-/m0/s1. The summed E-state index contributed by atoms with van der Waals surface area (Å²) in [4.78, 5) is 11.8. The van der Waals surface area contributed by atoms with E-state index >= 15 is 0 Å². The first-order valence-electron chi connectivity index (χ1n) is 11.7. The minimum atomic E-state index is -3.40. The number of carbonyl (C=O) groups is 1. The Morgan fingerprint density at radius 3 is 2.54 bits per heavy atom. The van der Waals surface area contributed by atoms with Crippen molar-refractivity contribution in [2.45, 2.75) is 12.6 Å². The van der Waals surface area contributed by atoms with E-state index < -0.39 is 22.1 Å². The van der Waals surface area contributed by atoms with E-state index in [1.807, 2.05) is 42.5 Å². The number of aromatic nitrogens is 1. The van der Waals surface area contributed by atoms with Crippen molar-refractivity contribution in [1.29, 1.82) is 0 Å². The Bertz CT molecular complexity index is 1480. The monoisotopic (exact) mass is 523 g/mol. The largest absolute Gasteiger partial charge is 0.492 e. The summed E-state index contributed by atoms with van der Waals surface area (Å²) in [6, 6.07) is 23.4. The average molecular weight is 524 g/mol. The second-order valence-corrected chi connectivity index (χ2v) is 10.4. The first-order chi connectivity index (χ1) is 17.7. The molecule has 0 amide bonds. The Hall–Kier alpha value is -3.86. The maximum absolute atomic E-state index is 11.8. The van der Waals surface area contributed by atoms with Gasteiger partial charge in [-0.2, -0.15) is 0 Å². The summed E-state index contributed by atoms with van der Waals surface area (Å²) >= 11 is 0. The Morgan fingerprint density at radius 1 is 1.03 bits per heavy atom. The number of carboxylic acid groups (broad SMARTS) is 1. The first kappa shape index (κ1) is 26.2. The molecule has 4 rings (SSSR count). The third-order valence-corrected chi connectivity index (χ3v) is 6.34. The number of hydrogen-bond acceptors (Lipinski definition) is 6. The van der Waals surface area contributed by atoms with Crippen molar-refractivity contribution < 1.29 is 28.2 Å². The van der Waals surface area contributed by atoms with E-state index in [2.05, 4.69) is 10.0 Å². The van der Waals surface area contributed by atoms with E-state index in [0.717, 1.165) is 22.7 Å². The van der Waals surface area contributed by atoms with Gasteiger partial charge in [0.25, 0.3) is 0 Å². The van der Waals surface area contributed by atoms with E-state index in [-0.39, 0.29) is 12.2 Å². The average Bonchev–Trinajstić information content (AvgIpc) is 3.21. The molecule has 0 bridgehead atoms. The van der Waals surface area contributed by atoms with Gasteiger partial charge in [-0.05, 0) is 41.5 Å². The summed E-state index contributed by atoms with van der Waals surface area (Å²) in [5.41, 5.74) is 2.95. The zero-order chi connectivity index (χ0) is 26.4. The van der Waals surface area contributed by atoms with E-state index in [0.29, 0.717) is 36.7 Å². The fourth-order valence-electron chi connectivity index (χ4n) is 4.06. The summed E-state index contributed by atoms with van der Waals surface area (Å²) in [5, 5.41) is 24.1. The molecule has 0 radical (unpaired) electrons. The van der Waals surface area contributed by atoms with E-state index in [1.54, 1.807) is 41.0 Å². The molecular formula is C27H29N3O6S. The van der Waals surface area contributed by atoms with Gasteiger partial charge in [0.2, 0.25) is 10.0 Å². The SMILES string of the molecule is CS(=O)(=O)Nc1cccc([C@@H](O)CNCCOc2ccc3cc(C(=O)O)n(Cc4ccccc4)c3c2)c1. The highest BCUT2D eigenvalue weighted by atomic mass is 32.2. The van der Waals surface area contributed by atoms with Crippen molar-refractivity contribution >= 4 is 32.6 Å². The van der Waals surface area contributed by atoms with Gasteiger partial charge < -0.3 is 24.8 Å². The summed E-state index contributed by atoms with van der Waals surface area (Å²) in [5.74, 6) is -0.381. The molecule has 37 heavy (non-hydrogen) atoms. The highest BCUT2D eigenvalue weighted by molar-refractivity contribution is 7.92. The number of sulfonamides is 1. The van der Waals surface area contributed by atoms with Crippen LogP contribution in [-0.4, -0.2) is 55.1 Å². The minimum absolute atomic E-state index is 0.211. The minimum Gasteiger partial charge on any atom is -0.492 e. The molecule has 4 N–H and O–H groups in total. The van der Waals surface area contributed by atoms with Gasteiger partial charge >= 0.3 is 5.97 Å². The number of fused-ring (bicyclic) bond motifs is 1. The Morgan fingerprint density at radius 2 is 1.81 bits per heavy atom. The van der Waals surface area contributed by atoms with Crippen LogP contribution in [0.3, 0.4) is 0 Å². The van der Waals surface area contributed by atoms with Crippen LogP contribution in [0, 0.1) is 0 Å². The Labute approximate surface area is 215 Å². The quantitative estimate of drug-likeness (QED) is 0.209. The number of aliphatic hydroxyl groups is 1. The number of ether oxygens (including phenoxy) is 1. The van der Waals surface area contributed by atoms with Crippen LogP contribution < -0.4 is 14.8 Å². The lowest BCUT2D eigenvalue weighted by Crippen LogP contribution is -2.26. The van der Waals surface area contributed by atoms with Gasteiger partial charge in [0.15, 0.2) is 0 Å². The van der Waals surface area contributed by atoms with E-state index in [9.17, 15) is 23.4 Å². The van der Waals surface area contributed by atoms with Crippen LogP contribution >= 0.6 is 0 Å². The molecule has 0 aliphatic carbocycles. The van der Waals surface area contributed by atoms with Gasteiger partial charge in [-0.3, -0.25) is 4.72 Å². The maximum atomic E-state index is 11.8. The lowest BCUT2D eigenvalue weighted by molar-refractivity contribution is 0.0686. The molecule has 0 aliphatic rings. The number of nitrogens with one attached hydrogen (secondary N) is 2. The number of hydrogen-bond donors (Lipinski definition) is 4. The second-order valence-electron chi connectivity index (χ2n) is 8.70. The summed E-state index contributed by atoms with van der Waals surface area (Å²) in [7, 11) is -3.40. The van der Waals surface area contributed by atoms with E-state index in [4.69, 9.17) is 4.74 Å². The van der Waals surface area contributed by atoms with Gasteiger partial charge in [-0.1, -0.05) is 42.5 Å². The third-order valence-electron chi connectivity index (χ3n) is 5.74. The molecule has 1 aromatic heterocycles. The molecular weight excluding hydrogens is 494 g/mol. The van der Waals surface area contributed by atoms with Crippen LogP contribution in [0.1, 0.15) is 27.7 Å². The van der Waals surface area contributed by atoms with Crippen molar-refractivity contribution in [3.63, 3.8) is 0 Å². The van der Waals surface area contributed by atoms with Gasteiger partial charge in [-0.25, -0.2) is 13.2 Å². The van der Waals surface area contributed by atoms with Crippen LogP contribution in [0.25, 0.3) is 10.9 Å². The lowest BCUT2D eigenvalue weighted by atomic mass is 10.1. The van der Waals surface area contributed by atoms with Crippen molar-refractivity contribution in [2.75, 3.05) is 30.7 Å². The lowest BCUT2D eigenvalue weighted by Gasteiger charge is -2.14.